The van der Waals surface area contributed by atoms with Crippen molar-refractivity contribution in [1.82, 2.24) is 0 Å². The van der Waals surface area contributed by atoms with Crippen LogP contribution in [0.2, 0.25) is 5.02 Å². The zero-order valence-corrected chi connectivity index (χ0v) is 11.7. The van der Waals surface area contributed by atoms with E-state index in [1.807, 2.05) is 11.4 Å². The van der Waals surface area contributed by atoms with Crippen molar-refractivity contribution in [2.75, 3.05) is 0 Å². The highest BCUT2D eigenvalue weighted by Gasteiger charge is 2.28. The standard InChI is InChI=1S/C15H16ClNS/c16-13-8-9-18-15(13)14(17)12-7-3-5-10-4-1-2-6-11(10)12/h1-2,4,6,8-9,12,14H,3,5,7,17H2. The minimum Gasteiger partial charge on any atom is -0.323 e. The van der Waals surface area contributed by atoms with Gasteiger partial charge in [0.05, 0.1) is 5.02 Å². The number of fused-ring (bicyclic) bond motifs is 1. The van der Waals surface area contributed by atoms with Gasteiger partial charge in [0.25, 0.3) is 0 Å². The van der Waals surface area contributed by atoms with Gasteiger partial charge in [0.1, 0.15) is 0 Å². The molecule has 2 aromatic rings. The molecule has 0 aliphatic heterocycles. The number of nitrogens with two attached hydrogens (primary N) is 1. The molecule has 18 heavy (non-hydrogen) atoms. The van der Waals surface area contributed by atoms with Crippen LogP contribution in [0.15, 0.2) is 35.7 Å². The van der Waals surface area contributed by atoms with Gasteiger partial charge in [0.15, 0.2) is 0 Å². The molecule has 2 atom stereocenters. The summed E-state index contributed by atoms with van der Waals surface area (Å²) < 4.78 is 0. The van der Waals surface area contributed by atoms with E-state index in [1.165, 1.54) is 24.0 Å². The number of aryl methyl sites for hydroxylation is 1. The van der Waals surface area contributed by atoms with E-state index in [1.54, 1.807) is 11.3 Å². The largest absolute Gasteiger partial charge is 0.323 e. The highest BCUT2D eigenvalue weighted by molar-refractivity contribution is 7.10. The molecule has 0 saturated heterocycles. The van der Waals surface area contributed by atoms with Crippen LogP contribution < -0.4 is 5.73 Å². The van der Waals surface area contributed by atoms with E-state index >= 15 is 0 Å². The Bertz CT molecular complexity index is 549. The third-order valence-electron chi connectivity index (χ3n) is 3.80. The lowest BCUT2D eigenvalue weighted by Crippen LogP contribution is -2.23. The van der Waals surface area contributed by atoms with Crippen LogP contribution in [0.3, 0.4) is 0 Å². The van der Waals surface area contributed by atoms with Crippen LogP contribution in [0.1, 0.15) is 40.8 Å². The molecule has 0 bridgehead atoms. The third-order valence-corrected chi connectivity index (χ3v) is 5.26. The van der Waals surface area contributed by atoms with Crippen molar-refractivity contribution in [1.29, 1.82) is 0 Å². The van der Waals surface area contributed by atoms with Crippen LogP contribution in [0.4, 0.5) is 0 Å². The van der Waals surface area contributed by atoms with E-state index in [0.29, 0.717) is 5.92 Å². The van der Waals surface area contributed by atoms with Crippen LogP contribution in [-0.4, -0.2) is 0 Å². The van der Waals surface area contributed by atoms with Gasteiger partial charge in [-0.15, -0.1) is 11.3 Å². The Morgan fingerprint density at radius 3 is 2.89 bits per heavy atom. The molecule has 3 rings (SSSR count). The van der Waals surface area contributed by atoms with Crippen molar-refractivity contribution in [3.63, 3.8) is 0 Å². The predicted octanol–water partition coefficient (Wildman–Crippen LogP) is 4.52. The van der Waals surface area contributed by atoms with Crippen LogP contribution in [0.25, 0.3) is 0 Å². The predicted molar refractivity (Wildman–Crippen MR) is 78.4 cm³/mol. The fraction of sp³-hybridized carbons (Fsp3) is 0.333. The molecule has 1 aromatic heterocycles. The summed E-state index contributed by atoms with van der Waals surface area (Å²) in [5.41, 5.74) is 9.33. The topological polar surface area (TPSA) is 26.0 Å². The fourth-order valence-corrected chi connectivity index (χ4v) is 4.14. The molecule has 1 heterocycles. The number of hydrogen-bond acceptors (Lipinski definition) is 2. The van der Waals surface area contributed by atoms with Crippen LogP contribution in [-0.2, 0) is 6.42 Å². The molecule has 0 amide bonds. The Labute approximate surface area is 117 Å². The Morgan fingerprint density at radius 2 is 2.11 bits per heavy atom. The van der Waals surface area contributed by atoms with Gasteiger partial charge in [-0.3, -0.25) is 0 Å². The second-order valence-corrected chi connectivity index (χ2v) is 6.21. The lowest BCUT2D eigenvalue weighted by atomic mass is 9.78. The number of hydrogen-bond donors (Lipinski definition) is 1. The Kier molecular flexibility index (Phi) is 3.42. The van der Waals surface area contributed by atoms with Crippen molar-refractivity contribution in [2.45, 2.75) is 31.2 Å². The molecule has 1 aliphatic rings. The summed E-state index contributed by atoms with van der Waals surface area (Å²) in [4.78, 5) is 1.12. The van der Waals surface area contributed by atoms with E-state index in [-0.39, 0.29) is 6.04 Å². The summed E-state index contributed by atoms with van der Waals surface area (Å²) >= 11 is 7.88. The van der Waals surface area contributed by atoms with Gasteiger partial charge in [-0.05, 0) is 41.8 Å². The Balaban J connectivity index is 1.97. The first-order valence-corrected chi connectivity index (χ1v) is 7.59. The van der Waals surface area contributed by atoms with E-state index in [4.69, 9.17) is 17.3 Å². The van der Waals surface area contributed by atoms with Gasteiger partial charge in [-0.2, -0.15) is 0 Å². The molecule has 0 spiro atoms. The average molecular weight is 278 g/mol. The van der Waals surface area contributed by atoms with Gasteiger partial charge in [-0.1, -0.05) is 35.9 Å². The minimum absolute atomic E-state index is 0.0268. The number of thiophene rings is 1. The molecule has 1 nitrogen and oxygen atoms in total. The fourth-order valence-electron chi connectivity index (χ4n) is 2.89. The van der Waals surface area contributed by atoms with Crippen LogP contribution >= 0.6 is 22.9 Å². The number of benzene rings is 1. The van der Waals surface area contributed by atoms with Crippen molar-refractivity contribution in [3.05, 3.63) is 56.7 Å². The van der Waals surface area contributed by atoms with E-state index < -0.39 is 0 Å². The van der Waals surface area contributed by atoms with Crippen molar-refractivity contribution >= 4 is 22.9 Å². The maximum absolute atomic E-state index is 6.46. The molecule has 94 valence electrons. The first kappa shape index (κ1) is 12.2. The summed E-state index contributed by atoms with van der Waals surface area (Å²) in [5, 5.41) is 2.84. The normalized spacial score (nSPS) is 20.4. The van der Waals surface area contributed by atoms with Crippen molar-refractivity contribution in [3.8, 4) is 0 Å². The average Bonchev–Trinajstić information content (AvgIpc) is 2.83. The number of rotatable bonds is 2. The van der Waals surface area contributed by atoms with Gasteiger partial charge >= 0.3 is 0 Å². The quantitative estimate of drug-likeness (QED) is 0.858. The monoisotopic (exact) mass is 277 g/mol. The summed E-state index contributed by atoms with van der Waals surface area (Å²) in [7, 11) is 0. The Morgan fingerprint density at radius 1 is 1.28 bits per heavy atom. The lowest BCUT2D eigenvalue weighted by Gasteiger charge is -2.30. The zero-order chi connectivity index (χ0) is 12.5. The molecular weight excluding hydrogens is 262 g/mol. The van der Waals surface area contributed by atoms with E-state index in [9.17, 15) is 0 Å². The molecule has 2 unspecified atom stereocenters. The molecule has 0 saturated carbocycles. The van der Waals surface area contributed by atoms with E-state index in [2.05, 4.69) is 24.3 Å². The third kappa shape index (κ3) is 2.09. The van der Waals surface area contributed by atoms with Gasteiger partial charge in [-0.25, -0.2) is 0 Å². The first-order chi connectivity index (χ1) is 8.77. The van der Waals surface area contributed by atoms with Gasteiger partial charge in [0, 0.05) is 16.8 Å². The maximum atomic E-state index is 6.46. The summed E-state index contributed by atoms with van der Waals surface area (Å²) in [6.07, 6.45) is 3.56. The molecule has 3 heteroatoms. The highest BCUT2D eigenvalue weighted by atomic mass is 35.5. The van der Waals surface area contributed by atoms with Crippen LogP contribution in [0, 0.1) is 0 Å². The molecule has 1 aromatic carbocycles. The summed E-state index contributed by atoms with van der Waals surface area (Å²) in [6, 6.07) is 10.6. The highest BCUT2D eigenvalue weighted by Crippen LogP contribution is 2.42. The zero-order valence-electron chi connectivity index (χ0n) is 10.1. The summed E-state index contributed by atoms with van der Waals surface area (Å²) in [5.74, 6) is 0.408. The number of halogens is 1. The van der Waals surface area contributed by atoms with Gasteiger partial charge in [0.2, 0.25) is 0 Å². The molecular formula is C15H16ClNS. The maximum Gasteiger partial charge on any atom is 0.0561 e. The second-order valence-electron chi connectivity index (χ2n) is 4.86. The first-order valence-electron chi connectivity index (χ1n) is 6.33. The second kappa shape index (κ2) is 5.04. The SMILES string of the molecule is NC(c1sccc1Cl)C1CCCc2ccccc21. The Hall–Kier alpha value is -0.830. The molecule has 2 N–H and O–H groups in total. The molecule has 0 fully saturated rings. The van der Waals surface area contributed by atoms with E-state index in [0.717, 1.165) is 16.3 Å². The molecule has 0 radical (unpaired) electrons. The minimum atomic E-state index is 0.0268. The molecule has 1 aliphatic carbocycles. The van der Waals surface area contributed by atoms with Crippen molar-refractivity contribution in [2.24, 2.45) is 5.73 Å². The smallest absolute Gasteiger partial charge is 0.0561 e. The lowest BCUT2D eigenvalue weighted by molar-refractivity contribution is 0.479. The summed E-state index contributed by atoms with van der Waals surface area (Å²) in [6.45, 7) is 0. The van der Waals surface area contributed by atoms with Crippen molar-refractivity contribution < 1.29 is 0 Å². The van der Waals surface area contributed by atoms with Crippen LogP contribution in [0.5, 0.6) is 0 Å². The van der Waals surface area contributed by atoms with Gasteiger partial charge < -0.3 is 5.73 Å².